The zero-order valence-electron chi connectivity index (χ0n) is 21.7. The lowest BCUT2D eigenvalue weighted by atomic mass is 9.81. The van der Waals surface area contributed by atoms with Gasteiger partial charge in [-0.25, -0.2) is 0 Å². The molecule has 0 amide bonds. The van der Waals surface area contributed by atoms with Crippen molar-refractivity contribution in [2.24, 2.45) is 0 Å². The molecule has 0 heterocycles. The summed E-state index contributed by atoms with van der Waals surface area (Å²) in [6.45, 7) is 6.51. The average Bonchev–Trinajstić information content (AvgIpc) is 2.95. The predicted octanol–water partition coefficient (Wildman–Crippen LogP) is 4.19. The first-order chi connectivity index (χ1) is 18.1. The Morgan fingerprint density at radius 1 is 0.541 bits per heavy atom. The molecule has 0 aromatic heterocycles. The van der Waals surface area contributed by atoms with Crippen molar-refractivity contribution >= 4 is 0 Å². The molecule has 198 valence electrons. The number of likely N-dealkylation sites (N-methyl/N-ethyl adjacent to an activating group) is 1. The Labute approximate surface area is 220 Å². The SMILES string of the molecule is CCN(CC)[C@H]1[C@H](O)[C@H](O)[C@@H](OCc2ccccc2)[C@H](OCc2ccccc2)[C@H]1OCc1ccccc1. The van der Waals surface area contributed by atoms with E-state index in [2.05, 4.69) is 18.7 Å². The van der Waals surface area contributed by atoms with Crippen LogP contribution in [-0.2, 0) is 34.0 Å². The van der Waals surface area contributed by atoms with Gasteiger partial charge in [0.1, 0.15) is 30.5 Å². The third-order valence-corrected chi connectivity index (χ3v) is 7.11. The van der Waals surface area contributed by atoms with E-state index >= 15 is 0 Å². The molecule has 0 bridgehead atoms. The largest absolute Gasteiger partial charge is 0.389 e. The van der Waals surface area contributed by atoms with E-state index in [1.165, 1.54) is 0 Å². The number of nitrogens with zero attached hydrogens (tertiary/aromatic N) is 1. The third kappa shape index (κ3) is 7.05. The average molecular weight is 506 g/mol. The topological polar surface area (TPSA) is 71.4 Å². The van der Waals surface area contributed by atoms with Crippen LogP contribution in [-0.4, -0.2) is 64.8 Å². The highest BCUT2D eigenvalue weighted by Gasteiger charge is 2.53. The van der Waals surface area contributed by atoms with Gasteiger partial charge in [0.15, 0.2) is 0 Å². The van der Waals surface area contributed by atoms with Gasteiger partial charge >= 0.3 is 0 Å². The van der Waals surface area contributed by atoms with Crippen LogP contribution in [0.2, 0.25) is 0 Å². The van der Waals surface area contributed by atoms with Crippen LogP contribution in [0.4, 0.5) is 0 Å². The third-order valence-electron chi connectivity index (χ3n) is 7.11. The van der Waals surface area contributed by atoms with Crippen molar-refractivity contribution in [3.63, 3.8) is 0 Å². The standard InChI is InChI=1S/C31H39NO5/c1-3-32(4-2)26-27(33)28(34)30(36-21-24-16-10-6-11-17-24)31(37-22-25-18-12-7-13-19-25)29(26)35-20-23-14-8-5-9-15-23/h5-19,26-31,33-34H,3-4,20-22H2,1-2H3/t26-,27-,28-,29-,30+,31+/m0/s1. The Hall–Kier alpha value is -2.58. The maximum Gasteiger partial charge on any atom is 0.115 e. The van der Waals surface area contributed by atoms with Crippen molar-refractivity contribution in [2.75, 3.05) is 13.1 Å². The molecule has 37 heavy (non-hydrogen) atoms. The molecule has 6 heteroatoms. The number of aliphatic hydroxyl groups excluding tert-OH is 2. The summed E-state index contributed by atoms with van der Waals surface area (Å²) < 4.78 is 19.4. The van der Waals surface area contributed by atoms with Crippen molar-refractivity contribution in [1.82, 2.24) is 4.90 Å². The van der Waals surface area contributed by atoms with Crippen LogP contribution in [0.3, 0.4) is 0 Å². The molecule has 1 aliphatic carbocycles. The summed E-state index contributed by atoms with van der Waals surface area (Å²) in [5.41, 5.74) is 3.04. The van der Waals surface area contributed by atoms with Crippen molar-refractivity contribution in [3.05, 3.63) is 108 Å². The van der Waals surface area contributed by atoms with E-state index in [0.29, 0.717) is 32.9 Å². The van der Waals surface area contributed by atoms with Gasteiger partial charge in [-0.15, -0.1) is 0 Å². The number of benzene rings is 3. The Bertz CT molecular complexity index is 1030. The van der Waals surface area contributed by atoms with Crippen molar-refractivity contribution in [1.29, 1.82) is 0 Å². The number of hydrogen-bond acceptors (Lipinski definition) is 6. The first kappa shape index (κ1) is 27.5. The summed E-state index contributed by atoms with van der Waals surface area (Å²) in [7, 11) is 0. The molecule has 6 atom stereocenters. The van der Waals surface area contributed by atoms with Crippen LogP contribution in [0.15, 0.2) is 91.0 Å². The highest BCUT2D eigenvalue weighted by molar-refractivity contribution is 5.16. The van der Waals surface area contributed by atoms with E-state index in [9.17, 15) is 10.2 Å². The molecule has 6 nitrogen and oxygen atoms in total. The first-order valence-corrected chi connectivity index (χ1v) is 13.2. The quantitative estimate of drug-likeness (QED) is 0.385. The molecule has 1 aliphatic rings. The van der Waals surface area contributed by atoms with E-state index in [-0.39, 0.29) is 0 Å². The van der Waals surface area contributed by atoms with Gasteiger partial charge in [0.25, 0.3) is 0 Å². The van der Waals surface area contributed by atoms with Crippen molar-refractivity contribution < 1.29 is 24.4 Å². The van der Waals surface area contributed by atoms with Gasteiger partial charge in [-0.1, -0.05) is 105 Å². The van der Waals surface area contributed by atoms with E-state index in [1.807, 2.05) is 91.0 Å². The number of rotatable bonds is 12. The summed E-state index contributed by atoms with van der Waals surface area (Å²) in [4.78, 5) is 2.13. The minimum absolute atomic E-state index is 0.293. The van der Waals surface area contributed by atoms with Gasteiger partial charge in [-0.3, -0.25) is 4.90 Å². The van der Waals surface area contributed by atoms with Gasteiger partial charge < -0.3 is 24.4 Å². The molecular formula is C31H39NO5. The van der Waals surface area contributed by atoms with Gasteiger partial charge in [0.2, 0.25) is 0 Å². The lowest BCUT2D eigenvalue weighted by molar-refractivity contribution is -0.251. The molecule has 0 aliphatic heterocycles. The summed E-state index contributed by atoms with van der Waals surface area (Å²) in [5.74, 6) is 0. The molecule has 0 unspecified atom stereocenters. The number of hydrogen-bond donors (Lipinski definition) is 2. The molecule has 1 saturated carbocycles. The Balaban J connectivity index is 1.64. The Morgan fingerprint density at radius 2 is 0.919 bits per heavy atom. The van der Waals surface area contributed by atoms with Crippen LogP contribution >= 0.6 is 0 Å². The lowest BCUT2D eigenvalue weighted by Gasteiger charge is -2.50. The fraction of sp³-hybridized carbons (Fsp3) is 0.419. The van der Waals surface area contributed by atoms with E-state index < -0.39 is 36.6 Å². The van der Waals surface area contributed by atoms with E-state index in [0.717, 1.165) is 16.7 Å². The summed E-state index contributed by atoms with van der Waals surface area (Å²) in [6.07, 6.45) is -4.09. The lowest BCUT2D eigenvalue weighted by Crippen LogP contribution is -2.69. The van der Waals surface area contributed by atoms with Gasteiger partial charge in [-0.05, 0) is 29.8 Å². The Kier molecular flexibility index (Phi) is 10.3. The summed E-state index contributed by atoms with van der Waals surface area (Å²) in [6, 6.07) is 29.3. The fourth-order valence-electron chi connectivity index (χ4n) is 5.11. The summed E-state index contributed by atoms with van der Waals surface area (Å²) in [5, 5.41) is 22.8. The fourth-order valence-corrected chi connectivity index (χ4v) is 5.11. The molecule has 0 spiro atoms. The number of ether oxygens (including phenoxy) is 3. The zero-order chi connectivity index (χ0) is 26.0. The molecule has 2 N–H and O–H groups in total. The second kappa shape index (κ2) is 13.8. The summed E-state index contributed by atoms with van der Waals surface area (Å²) >= 11 is 0. The van der Waals surface area contributed by atoms with Crippen molar-refractivity contribution in [3.8, 4) is 0 Å². The second-order valence-corrected chi connectivity index (χ2v) is 9.48. The molecular weight excluding hydrogens is 466 g/mol. The van der Waals surface area contributed by atoms with E-state index in [4.69, 9.17) is 14.2 Å². The van der Waals surface area contributed by atoms with E-state index in [1.54, 1.807) is 0 Å². The predicted molar refractivity (Wildman–Crippen MR) is 144 cm³/mol. The molecule has 4 rings (SSSR count). The molecule has 0 radical (unpaired) electrons. The van der Waals surface area contributed by atoms with Crippen LogP contribution < -0.4 is 0 Å². The minimum Gasteiger partial charge on any atom is -0.389 e. The van der Waals surface area contributed by atoms with Crippen LogP contribution in [0.1, 0.15) is 30.5 Å². The molecule has 3 aromatic carbocycles. The Morgan fingerprint density at radius 3 is 1.32 bits per heavy atom. The van der Waals surface area contributed by atoms with Gasteiger partial charge in [0, 0.05) is 0 Å². The molecule has 3 aromatic rings. The molecule has 0 saturated heterocycles. The second-order valence-electron chi connectivity index (χ2n) is 9.48. The number of aliphatic hydroxyl groups is 2. The first-order valence-electron chi connectivity index (χ1n) is 13.2. The van der Waals surface area contributed by atoms with Crippen LogP contribution in [0, 0.1) is 0 Å². The van der Waals surface area contributed by atoms with Gasteiger partial charge in [-0.2, -0.15) is 0 Å². The zero-order valence-corrected chi connectivity index (χ0v) is 21.7. The highest BCUT2D eigenvalue weighted by atomic mass is 16.6. The minimum atomic E-state index is -1.13. The van der Waals surface area contributed by atoms with Crippen molar-refractivity contribution in [2.45, 2.75) is 70.2 Å². The maximum atomic E-state index is 11.4. The smallest absolute Gasteiger partial charge is 0.115 e. The van der Waals surface area contributed by atoms with Crippen LogP contribution in [0.5, 0.6) is 0 Å². The highest BCUT2D eigenvalue weighted by Crippen LogP contribution is 2.33. The maximum absolute atomic E-state index is 11.4. The monoisotopic (exact) mass is 505 g/mol. The van der Waals surface area contributed by atoms with Gasteiger partial charge in [0.05, 0.1) is 25.9 Å². The normalized spacial score (nSPS) is 25.9. The molecule has 1 fully saturated rings. The van der Waals surface area contributed by atoms with Crippen LogP contribution in [0.25, 0.3) is 0 Å².